The Morgan fingerprint density at radius 1 is 0.792 bits per heavy atom. The number of halogens is 2. The summed E-state index contributed by atoms with van der Waals surface area (Å²) in [5.74, 6) is -0.0876. The van der Waals surface area contributed by atoms with E-state index >= 15 is 0 Å². The van der Waals surface area contributed by atoms with Gasteiger partial charge in [0.05, 0.1) is 0 Å². The average molecular weight is 425 g/mol. The smallest absolute Gasteiger partial charge is 0.324 e. The standard InChI is InChI=1S/C14H28N2O4S2.2ClH/c1-13(2,3)19-11(17)9(15)7-21-22-8-10(16)12(18)20-14(4,5)6;;/h9-10H,7-8,15-16H2,1-6H3;2*1H/t9-,10?;;/m0../s1. The van der Waals surface area contributed by atoms with E-state index in [1.807, 2.05) is 0 Å². The van der Waals surface area contributed by atoms with Crippen LogP contribution in [-0.2, 0) is 19.1 Å². The first-order valence-corrected chi connectivity index (χ1v) is 9.52. The highest BCUT2D eigenvalue weighted by atomic mass is 35.5. The fourth-order valence-corrected chi connectivity index (χ4v) is 3.35. The molecule has 0 aromatic heterocycles. The van der Waals surface area contributed by atoms with Crippen LogP contribution in [0.5, 0.6) is 0 Å². The van der Waals surface area contributed by atoms with Gasteiger partial charge in [-0.3, -0.25) is 9.59 Å². The van der Waals surface area contributed by atoms with Gasteiger partial charge in [-0.25, -0.2) is 0 Å². The Bertz CT molecular complexity index is 352. The zero-order valence-corrected chi connectivity index (χ0v) is 18.3. The van der Waals surface area contributed by atoms with Crippen LogP contribution < -0.4 is 11.5 Å². The second-order valence-corrected chi connectivity index (χ2v) is 9.40. The van der Waals surface area contributed by atoms with Crippen LogP contribution >= 0.6 is 46.4 Å². The molecule has 0 heterocycles. The molecule has 6 nitrogen and oxygen atoms in total. The van der Waals surface area contributed by atoms with Crippen molar-refractivity contribution in [3.63, 3.8) is 0 Å². The maximum atomic E-state index is 11.7. The first-order valence-electron chi connectivity index (χ1n) is 7.03. The molecule has 0 amide bonds. The van der Waals surface area contributed by atoms with Gasteiger partial charge in [-0.2, -0.15) is 0 Å². The Morgan fingerprint density at radius 2 is 1.04 bits per heavy atom. The molecule has 1 unspecified atom stereocenters. The van der Waals surface area contributed by atoms with E-state index in [0.717, 1.165) is 0 Å². The molecule has 24 heavy (non-hydrogen) atoms. The lowest BCUT2D eigenvalue weighted by Gasteiger charge is -2.22. The largest absolute Gasteiger partial charge is 0.459 e. The van der Waals surface area contributed by atoms with Gasteiger partial charge in [0.2, 0.25) is 0 Å². The average Bonchev–Trinajstić information content (AvgIpc) is 2.29. The van der Waals surface area contributed by atoms with E-state index in [2.05, 4.69) is 0 Å². The molecule has 0 saturated heterocycles. The number of carbonyl (C=O) groups excluding carboxylic acids is 2. The van der Waals surface area contributed by atoms with Crippen molar-refractivity contribution >= 4 is 58.3 Å². The van der Waals surface area contributed by atoms with E-state index in [-0.39, 0.29) is 24.8 Å². The monoisotopic (exact) mass is 424 g/mol. The minimum atomic E-state index is -0.700. The van der Waals surface area contributed by atoms with Gasteiger partial charge in [0, 0.05) is 11.5 Å². The molecule has 0 aromatic carbocycles. The molecule has 0 aromatic rings. The van der Waals surface area contributed by atoms with Crippen LogP contribution in [0, 0.1) is 0 Å². The Kier molecular flexibility index (Phi) is 15.0. The molecule has 0 fully saturated rings. The van der Waals surface area contributed by atoms with Crippen LogP contribution in [0.15, 0.2) is 0 Å². The molecule has 0 saturated carbocycles. The Labute approximate surface area is 165 Å². The summed E-state index contributed by atoms with van der Waals surface area (Å²) in [5.41, 5.74) is 10.4. The molecular formula is C14H30Cl2N2O4S2. The molecule has 0 spiro atoms. The Balaban J connectivity index is -0.00000220. The molecule has 10 heteroatoms. The van der Waals surface area contributed by atoms with E-state index in [0.29, 0.717) is 11.5 Å². The van der Waals surface area contributed by atoms with Gasteiger partial charge in [-0.1, -0.05) is 21.6 Å². The number of nitrogens with two attached hydrogens (primary N) is 2. The van der Waals surface area contributed by atoms with Crippen LogP contribution in [0.3, 0.4) is 0 Å². The highest BCUT2D eigenvalue weighted by Gasteiger charge is 2.24. The van der Waals surface area contributed by atoms with Crippen molar-refractivity contribution < 1.29 is 19.1 Å². The van der Waals surface area contributed by atoms with E-state index in [4.69, 9.17) is 20.9 Å². The first kappa shape index (κ1) is 28.9. The summed E-state index contributed by atoms with van der Waals surface area (Å²) in [6.07, 6.45) is 0. The van der Waals surface area contributed by atoms with Gasteiger partial charge in [0.15, 0.2) is 0 Å². The van der Waals surface area contributed by atoms with Crippen molar-refractivity contribution in [1.29, 1.82) is 0 Å². The van der Waals surface area contributed by atoms with Crippen molar-refractivity contribution in [3.05, 3.63) is 0 Å². The van der Waals surface area contributed by atoms with Crippen molar-refractivity contribution in [3.8, 4) is 0 Å². The van der Waals surface area contributed by atoms with E-state index in [1.165, 1.54) is 21.6 Å². The fraction of sp³-hybridized carbons (Fsp3) is 0.857. The summed E-state index contributed by atoms with van der Waals surface area (Å²) < 4.78 is 10.4. The fourth-order valence-electron chi connectivity index (χ4n) is 1.13. The molecular weight excluding hydrogens is 395 g/mol. The molecule has 0 rings (SSSR count). The van der Waals surface area contributed by atoms with E-state index < -0.39 is 35.2 Å². The van der Waals surface area contributed by atoms with Crippen LogP contribution in [-0.4, -0.2) is 46.7 Å². The van der Waals surface area contributed by atoms with Gasteiger partial charge in [-0.05, 0) is 41.5 Å². The number of carbonyl (C=O) groups is 2. The van der Waals surface area contributed by atoms with Crippen LogP contribution in [0.1, 0.15) is 41.5 Å². The second-order valence-electron chi connectivity index (χ2n) is 6.85. The Hall–Kier alpha value is 0.140. The summed E-state index contributed by atoms with van der Waals surface area (Å²) in [6, 6.07) is -1.40. The van der Waals surface area contributed by atoms with Crippen molar-refractivity contribution in [2.45, 2.75) is 64.8 Å². The molecule has 0 aliphatic heterocycles. The second kappa shape index (κ2) is 12.5. The normalized spacial score (nSPS) is 13.8. The summed E-state index contributed by atoms with van der Waals surface area (Å²) >= 11 is 0. The number of hydrogen-bond donors (Lipinski definition) is 2. The van der Waals surface area contributed by atoms with Gasteiger partial charge < -0.3 is 20.9 Å². The van der Waals surface area contributed by atoms with Gasteiger partial charge >= 0.3 is 11.9 Å². The maximum Gasteiger partial charge on any atom is 0.324 e. The zero-order chi connectivity index (χ0) is 17.6. The number of ether oxygens (including phenoxy) is 2. The predicted molar refractivity (Wildman–Crippen MR) is 107 cm³/mol. The van der Waals surface area contributed by atoms with Crippen LogP contribution in [0.2, 0.25) is 0 Å². The lowest BCUT2D eigenvalue weighted by molar-refractivity contribution is -0.156. The molecule has 0 radical (unpaired) electrons. The lowest BCUT2D eigenvalue weighted by Crippen LogP contribution is -2.39. The SMILES string of the molecule is CC(C)(C)OC(=O)C(N)CSSC[C@H](N)C(=O)OC(C)(C)C.Cl.Cl. The van der Waals surface area contributed by atoms with Crippen molar-refractivity contribution in [1.82, 2.24) is 0 Å². The highest BCUT2D eigenvalue weighted by Crippen LogP contribution is 2.23. The third-order valence-corrected chi connectivity index (χ3v) is 4.47. The third-order valence-electron chi connectivity index (χ3n) is 2.00. The summed E-state index contributed by atoms with van der Waals surface area (Å²) in [5, 5.41) is 0. The third kappa shape index (κ3) is 15.7. The minimum Gasteiger partial charge on any atom is -0.459 e. The molecule has 0 bridgehead atoms. The number of esters is 2. The number of rotatable bonds is 7. The molecule has 2 atom stereocenters. The van der Waals surface area contributed by atoms with Crippen LogP contribution in [0.4, 0.5) is 0 Å². The number of hydrogen-bond acceptors (Lipinski definition) is 8. The van der Waals surface area contributed by atoms with E-state index in [9.17, 15) is 9.59 Å². The van der Waals surface area contributed by atoms with Crippen molar-refractivity contribution in [2.24, 2.45) is 11.5 Å². The lowest BCUT2D eigenvalue weighted by atomic mass is 10.2. The predicted octanol–water partition coefficient (Wildman–Crippen LogP) is 2.55. The molecule has 0 aliphatic rings. The van der Waals surface area contributed by atoms with Gasteiger partial charge in [0.1, 0.15) is 23.3 Å². The quantitative estimate of drug-likeness (QED) is 0.364. The summed E-state index contributed by atoms with van der Waals surface area (Å²) in [4.78, 5) is 23.4. The van der Waals surface area contributed by atoms with Gasteiger partial charge in [-0.15, -0.1) is 24.8 Å². The maximum absolute atomic E-state index is 11.7. The van der Waals surface area contributed by atoms with Gasteiger partial charge in [0.25, 0.3) is 0 Å². The van der Waals surface area contributed by atoms with Crippen molar-refractivity contribution in [2.75, 3.05) is 11.5 Å². The molecule has 146 valence electrons. The molecule has 4 N–H and O–H groups in total. The Morgan fingerprint density at radius 3 is 1.25 bits per heavy atom. The van der Waals surface area contributed by atoms with E-state index in [1.54, 1.807) is 41.5 Å². The minimum absolute atomic E-state index is 0. The summed E-state index contributed by atoms with van der Waals surface area (Å²) in [6.45, 7) is 10.7. The first-order chi connectivity index (χ1) is 9.82. The zero-order valence-electron chi connectivity index (χ0n) is 15.0. The topological polar surface area (TPSA) is 105 Å². The molecule has 0 aliphatic carbocycles. The highest BCUT2D eigenvalue weighted by molar-refractivity contribution is 8.76. The summed E-state index contributed by atoms with van der Waals surface area (Å²) in [7, 11) is 2.76. The van der Waals surface area contributed by atoms with Crippen LogP contribution in [0.25, 0.3) is 0 Å².